The van der Waals surface area contributed by atoms with Gasteiger partial charge < -0.3 is 0 Å². The van der Waals surface area contributed by atoms with Gasteiger partial charge >= 0.3 is 0 Å². The SMILES string of the molecule is Clc1ccc(C2=CCCc3ccc4cc5ccccc5cc4c32)cc1. The highest BCUT2D eigenvalue weighted by Crippen LogP contribution is 2.38. The predicted molar refractivity (Wildman–Crippen MR) is 108 cm³/mol. The number of rotatable bonds is 1. The molecular formula is C24H17Cl. The summed E-state index contributed by atoms with van der Waals surface area (Å²) in [7, 11) is 0. The maximum Gasteiger partial charge on any atom is 0.0406 e. The molecule has 4 aromatic rings. The van der Waals surface area contributed by atoms with Crippen molar-refractivity contribution in [3.8, 4) is 0 Å². The second-order valence-electron chi connectivity index (χ2n) is 6.68. The minimum atomic E-state index is 0.782. The lowest BCUT2D eigenvalue weighted by Crippen LogP contribution is -2.02. The van der Waals surface area contributed by atoms with E-state index in [-0.39, 0.29) is 0 Å². The molecule has 1 aliphatic rings. The van der Waals surface area contributed by atoms with E-state index in [9.17, 15) is 0 Å². The number of benzene rings is 4. The zero-order chi connectivity index (χ0) is 16.8. The summed E-state index contributed by atoms with van der Waals surface area (Å²) in [5.41, 5.74) is 5.40. The van der Waals surface area contributed by atoms with E-state index in [1.165, 1.54) is 43.8 Å². The van der Waals surface area contributed by atoms with Crippen LogP contribution in [0, 0.1) is 0 Å². The van der Waals surface area contributed by atoms with Crippen molar-refractivity contribution in [1.82, 2.24) is 0 Å². The topological polar surface area (TPSA) is 0 Å². The lowest BCUT2D eigenvalue weighted by atomic mass is 9.83. The standard InChI is InChI=1S/C24H17Cl/c25-21-12-10-16(11-13-21)22-7-3-6-17-8-9-20-14-18-4-1-2-5-19(18)15-23(20)24(17)22/h1-2,4-5,7-15H,3,6H2. The molecule has 0 radical (unpaired) electrons. The molecule has 0 amide bonds. The first-order valence-electron chi connectivity index (χ1n) is 8.70. The number of hydrogen-bond acceptors (Lipinski definition) is 0. The molecule has 0 spiro atoms. The third-order valence-electron chi connectivity index (χ3n) is 5.16. The molecule has 0 atom stereocenters. The molecule has 0 bridgehead atoms. The van der Waals surface area contributed by atoms with Crippen LogP contribution in [0.25, 0.3) is 27.1 Å². The van der Waals surface area contributed by atoms with Gasteiger partial charge in [0, 0.05) is 5.02 Å². The van der Waals surface area contributed by atoms with E-state index in [1.807, 2.05) is 12.1 Å². The second kappa shape index (κ2) is 5.75. The molecule has 0 aromatic heterocycles. The fourth-order valence-corrected chi connectivity index (χ4v) is 4.08. The Morgan fingerprint density at radius 2 is 1.48 bits per heavy atom. The van der Waals surface area contributed by atoms with Gasteiger partial charge in [0.1, 0.15) is 0 Å². The molecule has 0 unspecified atom stereocenters. The molecule has 5 rings (SSSR count). The minimum absolute atomic E-state index is 0.782. The molecule has 1 heteroatoms. The number of fused-ring (bicyclic) bond motifs is 4. The molecule has 0 fully saturated rings. The summed E-state index contributed by atoms with van der Waals surface area (Å²) in [6.07, 6.45) is 4.57. The minimum Gasteiger partial charge on any atom is -0.0843 e. The van der Waals surface area contributed by atoms with Gasteiger partial charge in [-0.3, -0.25) is 0 Å². The van der Waals surface area contributed by atoms with Crippen LogP contribution in [0.15, 0.2) is 78.9 Å². The Morgan fingerprint density at radius 3 is 2.28 bits per heavy atom. The van der Waals surface area contributed by atoms with Crippen LogP contribution in [-0.2, 0) is 6.42 Å². The van der Waals surface area contributed by atoms with Crippen molar-refractivity contribution in [2.45, 2.75) is 12.8 Å². The molecule has 1 aliphatic carbocycles. The third kappa shape index (κ3) is 2.45. The summed E-state index contributed by atoms with van der Waals surface area (Å²) < 4.78 is 0. The van der Waals surface area contributed by atoms with Crippen LogP contribution in [0.5, 0.6) is 0 Å². The van der Waals surface area contributed by atoms with E-state index >= 15 is 0 Å². The average molecular weight is 341 g/mol. The summed E-state index contributed by atoms with van der Waals surface area (Å²) in [5, 5.41) is 6.02. The number of aryl methyl sites for hydroxylation is 1. The molecule has 0 heterocycles. The first-order valence-corrected chi connectivity index (χ1v) is 9.08. The van der Waals surface area contributed by atoms with Crippen molar-refractivity contribution in [2.24, 2.45) is 0 Å². The Hall–Kier alpha value is -2.57. The molecule has 4 aromatic carbocycles. The highest BCUT2D eigenvalue weighted by atomic mass is 35.5. The Bertz CT molecular complexity index is 1130. The van der Waals surface area contributed by atoms with Crippen LogP contribution >= 0.6 is 11.6 Å². The fourth-order valence-electron chi connectivity index (χ4n) is 3.95. The van der Waals surface area contributed by atoms with Crippen LogP contribution in [0.3, 0.4) is 0 Å². The van der Waals surface area contributed by atoms with Gasteiger partial charge in [-0.05, 0) is 80.9 Å². The van der Waals surface area contributed by atoms with Crippen molar-refractivity contribution < 1.29 is 0 Å². The largest absolute Gasteiger partial charge is 0.0843 e. The number of halogens is 1. The van der Waals surface area contributed by atoms with Gasteiger partial charge in [0.15, 0.2) is 0 Å². The van der Waals surface area contributed by atoms with Gasteiger partial charge in [-0.15, -0.1) is 0 Å². The Balaban J connectivity index is 1.82. The molecule has 0 saturated heterocycles. The third-order valence-corrected chi connectivity index (χ3v) is 5.41. The van der Waals surface area contributed by atoms with Crippen LogP contribution in [0.1, 0.15) is 23.1 Å². The lowest BCUT2D eigenvalue weighted by molar-refractivity contribution is 0.982. The molecular weight excluding hydrogens is 324 g/mol. The first kappa shape index (κ1) is 14.7. The van der Waals surface area contributed by atoms with Crippen molar-refractivity contribution in [3.05, 3.63) is 101 Å². The predicted octanol–water partition coefficient (Wildman–Crippen LogP) is 7.02. The Labute approximate surface area is 152 Å². The molecule has 0 saturated carbocycles. The number of hydrogen-bond donors (Lipinski definition) is 0. The van der Waals surface area contributed by atoms with Crippen LogP contribution in [0.2, 0.25) is 5.02 Å². The smallest absolute Gasteiger partial charge is 0.0406 e. The summed E-state index contributed by atoms with van der Waals surface area (Å²) in [5.74, 6) is 0. The highest BCUT2D eigenvalue weighted by molar-refractivity contribution is 6.30. The van der Waals surface area contributed by atoms with Gasteiger partial charge in [-0.2, -0.15) is 0 Å². The Kier molecular flexibility index (Phi) is 3.39. The quantitative estimate of drug-likeness (QED) is 0.326. The Morgan fingerprint density at radius 1 is 0.720 bits per heavy atom. The van der Waals surface area contributed by atoms with Crippen molar-refractivity contribution in [3.63, 3.8) is 0 Å². The van der Waals surface area contributed by atoms with E-state index in [1.54, 1.807) is 0 Å². The van der Waals surface area contributed by atoms with E-state index in [0.29, 0.717) is 0 Å². The van der Waals surface area contributed by atoms with Gasteiger partial charge in [-0.1, -0.05) is 66.2 Å². The molecule has 120 valence electrons. The maximum atomic E-state index is 6.09. The fraction of sp³-hybridized carbons (Fsp3) is 0.0833. The zero-order valence-electron chi connectivity index (χ0n) is 13.8. The summed E-state index contributed by atoms with van der Waals surface area (Å²) >= 11 is 6.09. The molecule has 0 N–H and O–H groups in total. The normalized spacial score (nSPS) is 13.7. The van der Waals surface area contributed by atoms with Crippen molar-refractivity contribution in [2.75, 3.05) is 0 Å². The van der Waals surface area contributed by atoms with E-state index < -0.39 is 0 Å². The summed E-state index contributed by atoms with van der Waals surface area (Å²) in [6.45, 7) is 0. The maximum absolute atomic E-state index is 6.09. The van der Waals surface area contributed by atoms with Crippen molar-refractivity contribution in [1.29, 1.82) is 0 Å². The van der Waals surface area contributed by atoms with Crippen LogP contribution in [-0.4, -0.2) is 0 Å². The molecule has 0 nitrogen and oxygen atoms in total. The average Bonchev–Trinajstić information content (AvgIpc) is 2.66. The monoisotopic (exact) mass is 340 g/mol. The lowest BCUT2D eigenvalue weighted by Gasteiger charge is -2.21. The first-order chi connectivity index (χ1) is 12.3. The summed E-state index contributed by atoms with van der Waals surface area (Å²) in [4.78, 5) is 0. The van der Waals surface area contributed by atoms with Gasteiger partial charge in [0.05, 0.1) is 0 Å². The van der Waals surface area contributed by atoms with E-state index in [0.717, 1.165) is 17.9 Å². The van der Waals surface area contributed by atoms with Gasteiger partial charge in [0.25, 0.3) is 0 Å². The van der Waals surface area contributed by atoms with E-state index in [4.69, 9.17) is 11.6 Å². The second-order valence-corrected chi connectivity index (χ2v) is 7.12. The zero-order valence-corrected chi connectivity index (χ0v) is 14.6. The molecule has 25 heavy (non-hydrogen) atoms. The van der Waals surface area contributed by atoms with E-state index in [2.05, 4.69) is 66.7 Å². The van der Waals surface area contributed by atoms with Gasteiger partial charge in [-0.25, -0.2) is 0 Å². The number of allylic oxidation sites excluding steroid dienone is 1. The van der Waals surface area contributed by atoms with Crippen LogP contribution < -0.4 is 0 Å². The van der Waals surface area contributed by atoms with Gasteiger partial charge in [0.2, 0.25) is 0 Å². The summed E-state index contributed by atoms with van der Waals surface area (Å²) in [6, 6.07) is 26.0. The van der Waals surface area contributed by atoms with Crippen molar-refractivity contribution >= 4 is 38.7 Å². The highest BCUT2D eigenvalue weighted by Gasteiger charge is 2.17. The van der Waals surface area contributed by atoms with Crippen LogP contribution in [0.4, 0.5) is 0 Å². The molecule has 0 aliphatic heterocycles.